The first kappa shape index (κ1) is 27.2. The molecule has 0 saturated carbocycles. The van der Waals surface area contributed by atoms with Crippen molar-refractivity contribution in [2.75, 3.05) is 0 Å². The molecule has 0 radical (unpaired) electrons. The van der Waals surface area contributed by atoms with Crippen LogP contribution in [0.3, 0.4) is 0 Å². The highest BCUT2D eigenvalue weighted by atomic mass is 35.5. The molecule has 3 rings (SSSR count). The lowest BCUT2D eigenvalue weighted by atomic mass is 9.92. The molecule has 3 N–H and O–H groups in total. The molecule has 1 amide bonds. The number of alkyl halides is 3. The molecule has 0 spiro atoms. The number of aliphatic carboxylic acids is 1. The zero-order chi connectivity index (χ0) is 26.8. The second-order valence-electron chi connectivity index (χ2n) is 7.90. The number of carbonyl (C=O) groups excluding carboxylic acids is 1. The van der Waals surface area contributed by atoms with Crippen molar-refractivity contribution in [2.24, 2.45) is 0 Å². The molecule has 14 heteroatoms. The molecule has 0 saturated heterocycles. The van der Waals surface area contributed by atoms with E-state index in [1.54, 1.807) is 6.07 Å². The van der Waals surface area contributed by atoms with Gasteiger partial charge in [0.15, 0.2) is 17.5 Å². The molecule has 0 bridgehead atoms. The van der Waals surface area contributed by atoms with Crippen LogP contribution in [0.15, 0.2) is 53.3 Å². The van der Waals surface area contributed by atoms with Crippen LogP contribution >= 0.6 is 23.2 Å². The minimum absolute atomic E-state index is 0.0651. The van der Waals surface area contributed by atoms with Gasteiger partial charge in [0.2, 0.25) is 5.91 Å². The Kier molecular flexibility index (Phi) is 7.82. The van der Waals surface area contributed by atoms with Gasteiger partial charge in [0.05, 0.1) is 6.54 Å². The van der Waals surface area contributed by atoms with Crippen LogP contribution in [0.5, 0.6) is 0 Å². The summed E-state index contributed by atoms with van der Waals surface area (Å²) in [7, 11) is 0. The van der Waals surface area contributed by atoms with Crippen molar-refractivity contribution in [3.05, 3.63) is 74.6 Å². The van der Waals surface area contributed by atoms with Gasteiger partial charge in [-0.25, -0.2) is 14.3 Å². The monoisotopic (exact) mass is 546 g/mol. The quantitative estimate of drug-likeness (QED) is 0.398. The maximum atomic E-state index is 13.0. The summed E-state index contributed by atoms with van der Waals surface area (Å²) in [5.74, 6) is -2.69. The number of nitrogens with zero attached hydrogens (tertiary/aromatic N) is 3. The number of carboxylic acid groups (broad SMARTS) is 1. The molecule has 2 aromatic carbocycles. The molecule has 0 fully saturated rings. The van der Waals surface area contributed by atoms with Crippen molar-refractivity contribution in [1.29, 1.82) is 0 Å². The maximum Gasteiger partial charge on any atom is 0.416 e. The van der Waals surface area contributed by atoms with Crippen molar-refractivity contribution in [2.45, 2.75) is 37.8 Å². The molecule has 192 valence electrons. The third kappa shape index (κ3) is 5.72. The summed E-state index contributed by atoms with van der Waals surface area (Å²) in [5, 5.41) is 25.9. The van der Waals surface area contributed by atoms with E-state index in [0.29, 0.717) is 14.3 Å². The van der Waals surface area contributed by atoms with Gasteiger partial charge >= 0.3 is 17.8 Å². The van der Waals surface area contributed by atoms with Gasteiger partial charge in [-0.1, -0.05) is 41.4 Å². The molecule has 0 aliphatic heterocycles. The van der Waals surface area contributed by atoms with E-state index in [4.69, 9.17) is 23.2 Å². The highest BCUT2D eigenvalue weighted by Gasteiger charge is 2.40. The standard InChI is InChI=1S/C22H19Cl2F3N4O5/c1-21(19(34)35,14-4-2-3-5-15(14)24)28-17(33)11-31-20(36)30(10-16(32)22(25,26)27)18(29-31)12-6-8-13(23)9-7-12/h2-9,16,32H,10-11H2,1H3,(H,28,33)(H,34,35)/t16-,21+/m0/s1. The van der Waals surface area contributed by atoms with E-state index in [0.717, 1.165) is 0 Å². The van der Waals surface area contributed by atoms with Crippen LogP contribution in [-0.2, 0) is 28.2 Å². The van der Waals surface area contributed by atoms with E-state index in [-0.39, 0.29) is 22.0 Å². The molecule has 2 atom stereocenters. The number of amides is 1. The lowest BCUT2D eigenvalue weighted by molar-refractivity contribution is -0.207. The Morgan fingerprint density at radius 3 is 2.28 bits per heavy atom. The Morgan fingerprint density at radius 2 is 1.72 bits per heavy atom. The summed E-state index contributed by atoms with van der Waals surface area (Å²) in [4.78, 5) is 37.7. The van der Waals surface area contributed by atoms with E-state index >= 15 is 0 Å². The van der Waals surface area contributed by atoms with Crippen molar-refractivity contribution < 1.29 is 33.0 Å². The fraction of sp³-hybridized carbons (Fsp3) is 0.273. The first-order chi connectivity index (χ1) is 16.7. The van der Waals surface area contributed by atoms with E-state index in [9.17, 15) is 37.8 Å². The fourth-order valence-electron chi connectivity index (χ4n) is 3.35. The Labute approximate surface area is 211 Å². The average Bonchev–Trinajstić information content (AvgIpc) is 3.08. The van der Waals surface area contributed by atoms with Crippen LogP contribution in [0.25, 0.3) is 11.4 Å². The number of nitrogens with one attached hydrogen (secondary N) is 1. The van der Waals surface area contributed by atoms with Crippen molar-refractivity contribution in [3.63, 3.8) is 0 Å². The summed E-state index contributed by atoms with van der Waals surface area (Å²) >= 11 is 11.9. The Balaban J connectivity index is 1.98. The Morgan fingerprint density at radius 1 is 1.11 bits per heavy atom. The molecule has 9 nitrogen and oxygen atoms in total. The van der Waals surface area contributed by atoms with Gasteiger partial charge in [-0.15, -0.1) is 5.10 Å². The highest BCUT2D eigenvalue weighted by Crippen LogP contribution is 2.28. The number of carboxylic acids is 1. The van der Waals surface area contributed by atoms with E-state index in [1.165, 1.54) is 49.4 Å². The first-order valence-corrected chi connectivity index (χ1v) is 11.0. The predicted octanol–water partition coefficient (Wildman–Crippen LogP) is 3.06. The molecule has 3 aromatic rings. The number of hydrogen-bond acceptors (Lipinski definition) is 5. The number of aliphatic hydroxyl groups excluding tert-OH is 1. The summed E-state index contributed by atoms with van der Waals surface area (Å²) in [5.41, 5.74) is -2.86. The topological polar surface area (TPSA) is 126 Å². The van der Waals surface area contributed by atoms with Gasteiger partial charge in [-0.3, -0.25) is 9.36 Å². The Hall–Kier alpha value is -3.35. The molecule has 0 aliphatic rings. The van der Waals surface area contributed by atoms with Crippen LogP contribution in [-0.4, -0.2) is 48.7 Å². The number of benzene rings is 2. The summed E-state index contributed by atoms with van der Waals surface area (Å²) in [6.45, 7) is -0.828. The smallest absolute Gasteiger partial charge is 0.416 e. The number of halogens is 5. The normalized spacial score (nSPS) is 14.2. The van der Waals surface area contributed by atoms with E-state index < -0.39 is 48.5 Å². The molecule has 0 aliphatic carbocycles. The lowest BCUT2D eigenvalue weighted by Gasteiger charge is -2.27. The van der Waals surface area contributed by atoms with Crippen LogP contribution in [0, 0.1) is 0 Å². The summed E-state index contributed by atoms with van der Waals surface area (Å²) in [6.07, 6.45) is -7.91. The molecule has 1 heterocycles. The third-order valence-electron chi connectivity index (χ3n) is 5.28. The number of hydrogen-bond donors (Lipinski definition) is 3. The van der Waals surface area contributed by atoms with Crippen LogP contribution in [0.1, 0.15) is 12.5 Å². The first-order valence-electron chi connectivity index (χ1n) is 10.2. The van der Waals surface area contributed by atoms with Crippen molar-refractivity contribution >= 4 is 35.1 Å². The molecule has 36 heavy (non-hydrogen) atoms. The minimum atomic E-state index is -5.02. The zero-order valence-electron chi connectivity index (χ0n) is 18.5. The second-order valence-corrected chi connectivity index (χ2v) is 8.74. The van der Waals surface area contributed by atoms with E-state index in [2.05, 4.69) is 10.4 Å². The Bertz CT molecular complexity index is 1340. The predicted molar refractivity (Wildman–Crippen MR) is 124 cm³/mol. The number of rotatable bonds is 8. The molecular formula is C22H19Cl2F3N4O5. The van der Waals surface area contributed by atoms with Crippen LogP contribution in [0.4, 0.5) is 13.2 Å². The second kappa shape index (κ2) is 10.3. The molecular weight excluding hydrogens is 528 g/mol. The van der Waals surface area contributed by atoms with Gasteiger partial charge in [-0.05, 0) is 37.3 Å². The van der Waals surface area contributed by atoms with Gasteiger partial charge in [0.25, 0.3) is 0 Å². The number of aliphatic hydroxyl groups is 1. The molecule has 1 aromatic heterocycles. The largest absolute Gasteiger partial charge is 0.479 e. The molecule has 0 unspecified atom stereocenters. The minimum Gasteiger partial charge on any atom is -0.479 e. The SMILES string of the molecule is C[C@](NC(=O)Cn1nc(-c2ccc(Cl)cc2)n(C[C@H](O)C(F)(F)F)c1=O)(C(=O)O)c1ccccc1Cl. The number of carbonyl (C=O) groups is 2. The lowest BCUT2D eigenvalue weighted by Crippen LogP contribution is -2.51. The van der Waals surface area contributed by atoms with Gasteiger partial charge in [0, 0.05) is 21.2 Å². The van der Waals surface area contributed by atoms with E-state index in [1.807, 2.05) is 0 Å². The summed E-state index contributed by atoms with van der Waals surface area (Å²) < 4.78 is 40.1. The number of aromatic nitrogens is 3. The maximum absolute atomic E-state index is 13.0. The van der Waals surface area contributed by atoms with Crippen LogP contribution < -0.4 is 11.0 Å². The van der Waals surface area contributed by atoms with Crippen molar-refractivity contribution in [1.82, 2.24) is 19.7 Å². The van der Waals surface area contributed by atoms with Crippen molar-refractivity contribution in [3.8, 4) is 11.4 Å². The third-order valence-corrected chi connectivity index (χ3v) is 5.86. The highest BCUT2D eigenvalue weighted by molar-refractivity contribution is 6.31. The fourth-order valence-corrected chi connectivity index (χ4v) is 3.81. The zero-order valence-corrected chi connectivity index (χ0v) is 20.0. The average molecular weight is 547 g/mol. The summed E-state index contributed by atoms with van der Waals surface area (Å²) in [6, 6.07) is 11.5. The van der Waals surface area contributed by atoms with Gasteiger partial charge < -0.3 is 15.5 Å². The van der Waals surface area contributed by atoms with Gasteiger partial charge in [-0.2, -0.15) is 13.2 Å². The van der Waals surface area contributed by atoms with Crippen LogP contribution in [0.2, 0.25) is 10.0 Å². The van der Waals surface area contributed by atoms with Gasteiger partial charge in [0.1, 0.15) is 6.54 Å².